The predicted octanol–water partition coefficient (Wildman–Crippen LogP) is -0.0629. The van der Waals surface area contributed by atoms with Gasteiger partial charge in [-0.15, -0.1) is 0 Å². The first-order chi connectivity index (χ1) is 8.56. The van der Waals surface area contributed by atoms with Gasteiger partial charge >= 0.3 is 51.4 Å². The number of hydrogen-bond donors (Lipinski definition) is 0. The van der Waals surface area contributed by atoms with E-state index in [2.05, 4.69) is 0 Å². The zero-order valence-electron chi connectivity index (χ0n) is 10.3. The maximum Gasteiger partial charge on any atom is 1.00 e. The Kier molecular flexibility index (Phi) is 7.05. The molecule has 0 aliphatic heterocycles. The summed E-state index contributed by atoms with van der Waals surface area (Å²) in [6.07, 6.45) is 0. The van der Waals surface area contributed by atoms with Crippen LogP contribution < -0.4 is 55.7 Å². The van der Waals surface area contributed by atoms with E-state index >= 15 is 0 Å². The van der Waals surface area contributed by atoms with Crippen LogP contribution in [0.5, 0.6) is 0 Å². The molecule has 0 radical (unpaired) electrons. The molecule has 0 saturated heterocycles. The molecule has 4 nitrogen and oxygen atoms in total. The van der Waals surface area contributed by atoms with E-state index in [-0.39, 0.29) is 62.4 Å². The van der Waals surface area contributed by atoms with Crippen LogP contribution >= 0.6 is 11.0 Å². The number of nitrogens with zero attached hydrogens (tertiary/aromatic N) is 1. The van der Waals surface area contributed by atoms with Crippen LogP contribution in [-0.4, -0.2) is 13.0 Å². The van der Waals surface area contributed by atoms with Crippen molar-refractivity contribution in [2.24, 2.45) is 0 Å². The van der Waals surface area contributed by atoms with E-state index in [9.17, 15) is 13.0 Å². The monoisotopic (exact) mass is 319 g/mol. The topological polar surface area (TPSA) is 60.4 Å². The van der Waals surface area contributed by atoms with Crippen molar-refractivity contribution in [3.8, 4) is 0 Å². The molecule has 7 heteroatoms. The first-order valence-electron chi connectivity index (χ1n) is 5.12. The van der Waals surface area contributed by atoms with Gasteiger partial charge in [0, 0.05) is 0 Å². The zero-order valence-corrected chi connectivity index (χ0v) is 15.0. The summed E-state index contributed by atoms with van der Waals surface area (Å²) in [7, 11) is -4.17. The minimum Gasteiger partial charge on any atom is -0.738 e. The van der Waals surface area contributed by atoms with Crippen molar-refractivity contribution in [1.29, 1.82) is 0 Å². The SMILES string of the molecule is O=S(=O)([O-])SN(c1ccccc1)c1ccccc1.[K+]. The molecule has 0 heterocycles. The van der Waals surface area contributed by atoms with Crippen molar-refractivity contribution in [1.82, 2.24) is 0 Å². The van der Waals surface area contributed by atoms with Crippen LogP contribution in [0.1, 0.15) is 0 Å². The molecule has 2 aromatic rings. The summed E-state index contributed by atoms with van der Waals surface area (Å²) in [5.41, 5.74) is 1.27. The summed E-state index contributed by atoms with van der Waals surface area (Å²) >= 11 is 0. The fourth-order valence-electron chi connectivity index (χ4n) is 1.45. The molecular formula is C12H10KNO3S2. The number of benzene rings is 2. The van der Waals surface area contributed by atoms with Crippen molar-refractivity contribution in [2.75, 3.05) is 4.31 Å². The summed E-state index contributed by atoms with van der Waals surface area (Å²) in [6, 6.07) is 17.7. The number of para-hydroxylation sites is 2. The Morgan fingerprint density at radius 1 is 0.842 bits per heavy atom. The van der Waals surface area contributed by atoms with Crippen LogP contribution in [0.2, 0.25) is 0 Å². The average molecular weight is 319 g/mol. The van der Waals surface area contributed by atoms with Crippen LogP contribution in [0.15, 0.2) is 60.7 Å². The van der Waals surface area contributed by atoms with Crippen molar-refractivity contribution < 1.29 is 64.4 Å². The Morgan fingerprint density at radius 2 is 1.21 bits per heavy atom. The maximum atomic E-state index is 11.0. The first-order valence-corrected chi connectivity index (χ1v) is 7.82. The number of hydrogen-bond acceptors (Lipinski definition) is 5. The van der Waals surface area contributed by atoms with Crippen LogP contribution in [0.25, 0.3) is 0 Å². The van der Waals surface area contributed by atoms with Crippen LogP contribution in [0.4, 0.5) is 11.4 Å². The molecule has 0 bridgehead atoms. The molecule has 0 spiro atoms. The van der Waals surface area contributed by atoms with Crippen LogP contribution in [0, 0.1) is 0 Å². The Morgan fingerprint density at radius 3 is 1.53 bits per heavy atom. The first kappa shape index (κ1) is 17.2. The third-order valence-corrected chi connectivity index (χ3v) is 3.90. The predicted molar refractivity (Wildman–Crippen MR) is 72.3 cm³/mol. The normalized spacial score (nSPS) is 10.6. The Labute approximate surface area is 158 Å². The second-order valence-electron chi connectivity index (χ2n) is 3.45. The summed E-state index contributed by atoms with van der Waals surface area (Å²) in [4.78, 5) is 0. The average Bonchev–Trinajstić information content (AvgIpc) is 2.37. The van der Waals surface area contributed by atoms with Gasteiger partial charge in [0.1, 0.15) is 0 Å². The second-order valence-corrected chi connectivity index (χ2v) is 6.45. The molecule has 0 aliphatic carbocycles. The van der Waals surface area contributed by atoms with E-state index in [0.717, 1.165) is 0 Å². The standard InChI is InChI=1S/C12H11NO3S2.K/c14-18(15,16)17-13(11-7-3-1-4-8-11)12-9-5-2-6-10-12;/h1-10H,(H,14,15,16);/q;+1/p-1. The molecule has 0 N–H and O–H groups in total. The van der Waals surface area contributed by atoms with E-state index in [4.69, 9.17) is 0 Å². The van der Waals surface area contributed by atoms with E-state index in [0.29, 0.717) is 11.4 Å². The van der Waals surface area contributed by atoms with Gasteiger partial charge in [0.05, 0.1) is 22.4 Å². The third kappa shape index (κ3) is 5.56. The molecule has 19 heavy (non-hydrogen) atoms. The van der Waals surface area contributed by atoms with Gasteiger partial charge in [-0.3, -0.25) is 4.31 Å². The molecule has 0 aromatic heterocycles. The molecule has 0 atom stereocenters. The minimum atomic E-state index is -4.43. The van der Waals surface area contributed by atoms with Crippen LogP contribution in [-0.2, 0) is 9.15 Å². The molecule has 0 saturated carbocycles. The second kappa shape index (κ2) is 7.80. The van der Waals surface area contributed by atoms with Gasteiger partial charge in [-0.25, -0.2) is 8.42 Å². The summed E-state index contributed by atoms with van der Waals surface area (Å²) < 4.78 is 34.3. The van der Waals surface area contributed by atoms with Crippen molar-refractivity contribution in [3.63, 3.8) is 0 Å². The van der Waals surface area contributed by atoms with Crippen LogP contribution in [0.3, 0.4) is 0 Å². The molecule has 2 aromatic carbocycles. The van der Waals surface area contributed by atoms with E-state index in [1.54, 1.807) is 48.5 Å². The van der Waals surface area contributed by atoms with Gasteiger partial charge < -0.3 is 4.55 Å². The summed E-state index contributed by atoms with van der Waals surface area (Å²) in [5, 5.41) is 0. The number of rotatable bonds is 4. The smallest absolute Gasteiger partial charge is 0.738 e. The Hall–Kier alpha value is 0.136. The Bertz CT molecular complexity index is 566. The van der Waals surface area contributed by atoms with Gasteiger partial charge in [0.15, 0.2) is 9.15 Å². The molecule has 0 amide bonds. The zero-order chi connectivity index (χ0) is 13.0. The van der Waals surface area contributed by atoms with Gasteiger partial charge in [-0.05, 0) is 24.3 Å². The Balaban J connectivity index is 0.00000180. The van der Waals surface area contributed by atoms with E-state index in [1.165, 1.54) is 4.31 Å². The maximum absolute atomic E-state index is 11.0. The van der Waals surface area contributed by atoms with Crippen molar-refractivity contribution >= 4 is 31.5 Å². The van der Waals surface area contributed by atoms with Crippen molar-refractivity contribution in [3.05, 3.63) is 60.7 Å². The van der Waals surface area contributed by atoms with Gasteiger partial charge in [-0.2, -0.15) is 0 Å². The summed E-state index contributed by atoms with van der Waals surface area (Å²) in [5.74, 6) is 0. The largest absolute Gasteiger partial charge is 1.00 e. The molecule has 0 aliphatic rings. The molecule has 94 valence electrons. The van der Waals surface area contributed by atoms with Gasteiger partial charge in [-0.1, -0.05) is 36.4 Å². The molecule has 0 fully saturated rings. The van der Waals surface area contributed by atoms with Crippen molar-refractivity contribution in [2.45, 2.75) is 0 Å². The molecular weight excluding hydrogens is 309 g/mol. The summed E-state index contributed by atoms with van der Waals surface area (Å²) in [6.45, 7) is 0. The van der Waals surface area contributed by atoms with Gasteiger partial charge in [0.2, 0.25) is 0 Å². The molecule has 2 rings (SSSR count). The fourth-order valence-corrected chi connectivity index (χ4v) is 3.12. The van der Waals surface area contributed by atoms with E-state index in [1.807, 2.05) is 12.1 Å². The fraction of sp³-hybridized carbons (Fsp3) is 0. The van der Waals surface area contributed by atoms with Gasteiger partial charge in [0.25, 0.3) is 0 Å². The molecule has 0 unspecified atom stereocenters. The number of anilines is 2. The quantitative estimate of drug-likeness (QED) is 0.342. The van der Waals surface area contributed by atoms with E-state index < -0.39 is 9.15 Å². The third-order valence-electron chi connectivity index (χ3n) is 2.15. The minimum absolute atomic E-state index is 0.